The number of nitrogens with zero attached hydrogens (tertiary/aromatic N) is 2. The molecule has 0 aliphatic heterocycles. The van der Waals surface area contributed by atoms with Crippen LogP contribution >= 0.6 is 11.6 Å². The van der Waals surface area contributed by atoms with Crippen LogP contribution in [0.15, 0.2) is 42.5 Å². The number of hydrogen-bond donors (Lipinski definition) is 1. The van der Waals surface area contributed by atoms with E-state index < -0.39 is 10.2 Å². The Kier molecular flexibility index (Phi) is 6.12. The van der Waals surface area contributed by atoms with E-state index in [0.29, 0.717) is 27.7 Å². The molecule has 9 heteroatoms. The van der Waals surface area contributed by atoms with Crippen LogP contribution < -0.4 is 14.4 Å². The smallest absolute Gasteiger partial charge is 0.303 e. The van der Waals surface area contributed by atoms with E-state index in [0.717, 1.165) is 8.61 Å². The van der Waals surface area contributed by atoms with E-state index in [4.69, 9.17) is 16.3 Å². The van der Waals surface area contributed by atoms with Gasteiger partial charge in [0.2, 0.25) is 0 Å². The molecule has 140 valence electrons. The molecular formula is C17H20ClN3O4S. The molecule has 0 atom stereocenters. The summed E-state index contributed by atoms with van der Waals surface area (Å²) in [6, 6.07) is 11.1. The maximum Gasteiger partial charge on any atom is 0.303 e. The van der Waals surface area contributed by atoms with E-state index in [1.54, 1.807) is 42.5 Å². The lowest BCUT2D eigenvalue weighted by Crippen LogP contribution is -2.37. The first-order chi connectivity index (χ1) is 12.2. The summed E-state index contributed by atoms with van der Waals surface area (Å²) in [6.07, 6.45) is 0. The largest absolute Gasteiger partial charge is 0.495 e. The molecule has 1 N–H and O–H groups in total. The van der Waals surface area contributed by atoms with Gasteiger partial charge in [-0.05, 0) is 42.5 Å². The van der Waals surface area contributed by atoms with Gasteiger partial charge in [0.1, 0.15) is 5.75 Å². The Hall–Kier alpha value is -2.29. The van der Waals surface area contributed by atoms with Crippen LogP contribution in [0.2, 0.25) is 5.02 Å². The number of hydrogen-bond acceptors (Lipinski definition) is 4. The molecule has 0 radical (unpaired) electrons. The predicted molar refractivity (Wildman–Crippen MR) is 103 cm³/mol. The van der Waals surface area contributed by atoms with Gasteiger partial charge < -0.3 is 10.1 Å². The van der Waals surface area contributed by atoms with Gasteiger partial charge in [-0.3, -0.25) is 9.10 Å². The highest BCUT2D eigenvalue weighted by Gasteiger charge is 2.21. The summed E-state index contributed by atoms with van der Waals surface area (Å²) in [5, 5.41) is 3.19. The predicted octanol–water partition coefficient (Wildman–Crippen LogP) is 2.84. The van der Waals surface area contributed by atoms with Crippen LogP contribution in [0.1, 0.15) is 10.4 Å². The lowest BCUT2D eigenvalue weighted by Gasteiger charge is -2.23. The highest BCUT2D eigenvalue weighted by atomic mass is 35.5. The van der Waals surface area contributed by atoms with Gasteiger partial charge in [-0.1, -0.05) is 11.6 Å². The van der Waals surface area contributed by atoms with Crippen LogP contribution in [0.4, 0.5) is 11.4 Å². The summed E-state index contributed by atoms with van der Waals surface area (Å²) < 4.78 is 31.7. The van der Waals surface area contributed by atoms with Crippen molar-refractivity contribution in [2.24, 2.45) is 0 Å². The summed E-state index contributed by atoms with van der Waals surface area (Å²) in [4.78, 5) is 12.4. The van der Waals surface area contributed by atoms with Gasteiger partial charge in [0, 0.05) is 31.7 Å². The zero-order valence-corrected chi connectivity index (χ0v) is 16.4. The van der Waals surface area contributed by atoms with Gasteiger partial charge in [-0.2, -0.15) is 12.7 Å². The van der Waals surface area contributed by atoms with Crippen LogP contribution in [0.25, 0.3) is 0 Å². The summed E-state index contributed by atoms with van der Waals surface area (Å²) in [7, 11) is 2.25. The summed E-state index contributed by atoms with van der Waals surface area (Å²) >= 11 is 5.95. The molecule has 0 aliphatic carbocycles. The monoisotopic (exact) mass is 397 g/mol. The Labute approximate surface area is 158 Å². The highest BCUT2D eigenvalue weighted by Crippen LogP contribution is 2.28. The first-order valence-corrected chi connectivity index (χ1v) is 9.35. The number of benzene rings is 2. The van der Waals surface area contributed by atoms with Crippen molar-refractivity contribution < 1.29 is 17.9 Å². The number of carbonyl (C=O) groups is 1. The Bertz CT molecular complexity index is 899. The molecule has 2 aromatic rings. The number of amides is 1. The molecular weight excluding hydrogens is 378 g/mol. The Balaban J connectivity index is 2.21. The van der Waals surface area contributed by atoms with Crippen molar-refractivity contribution >= 4 is 39.1 Å². The minimum absolute atomic E-state index is 0.366. The van der Waals surface area contributed by atoms with Crippen LogP contribution in [-0.2, 0) is 10.2 Å². The Morgan fingerprint density at radius 2 is 1.69 bits per heavy atom. The summed E-state index contributed by atoms with van der Waals surface area (Å²) in [5.41, 5.74) is 1.25. The third kappa shape index (κ3) is 4.27. The van der Waals surface area contributed by atoms with Crippen molar-refractivity contribution in [1.29, 1.82) is 0 Å². The van der Waals surface area contributed by atoms with E-state index in [1.165, 1.54) is 28.3 Å². The van der Waals surface area contributed by atoms with Crippen LogP contribution in [0.5, 0.6) is 5.75 Å². The number of halogens is 1. The lowest BCUT2D eigenvalue weighted by atomic mass is 10.2. The zero-order chi connectivity index (χ0) is 19.5. The van der Waals surface area contributed by atoms with Crippen LogP contribution in [0, 0.1) is 0 Å². The quantitative estimate of drug-likeness (QED) is 0.812. The Morgan fingerprint density at radius 1 is 1.08 bits per heavy atom. The third-order valence-electron chi connectivity index (χ3n) is 3.71. The topological polar surface area (TPSA) is 79.0 Å². The van der Waals surface area contributed by atoms with Gasteiger partial charge in [0.15, 0.2) is 0 Å². The fraction of sp³-hybridized carbons (Fsp3) is 0.235. The molecule has 0 heterocycles. The molecule has 0 saturated carbocycles. The summed E-state index contributed by atoms with van der Waals surface area (Å²) in [6.45, 7) is 0. The van der Waals surface area contributed by atoms with Crippen molar-refractivity contribution in [1.82, 2.24) is 4.31 Å². The maximum absolute atomic E-state index is 12.4. The van der Waals surface area contributed by atoms with E-state index in [1.807, 2.05) is 0 Å². The molecule has 0 fully saturated rings. The van der Waals surface area contributed by atoms with Gasteiger partial charge >= 0.3 is 10.2 Å². The minimum atomic E-state index is -3.59. The SMILES string of the molecule is COc1ccc(Cl)cc1NC(=O)c1ccc(N(C)S(=O)(=O)N(C)C)cc1. The second-order valence-electron chi connectivity index (χ2n) is 5.60. The van der Waals surface area contributed by atoms with Crippen molar-refractivity contribution in [3.8, 4) is 5.75 Å². The van der Waals surface area contributed by atoms with Gasteiger partial charge in [-0.25, -0.2) is 0 Å². The van der Waals surface area contributed by atoms with E-state index in [9.17, 15) is 13.2 Å². The standard InChI is InChI=1S/C17H20ClN3O4S/c1-20(2)26(23,24)21(3)14-8-5-12(6-9-14)17(22)19-15-11-13(18)7-10-16(15)25-4/h5-11H,1-4H3,(H,19,22). The molecule has 0 saturated heterocycles. The fourth-order valence-corrected chi connectivity index (χ4v) is 3.22. The minimum Gasteiger partial charge on any atom is -0.495 e. The molecule has 2 aromatic carbocycles. The van der Waals surface area contributed by atoms with Crippen LogP contribution in [0.3, 0.4) is 0 Å². The average Bonchev–Trinajstić information content (AvgIpc) is 2.61. The molecule has 0 aromatic heterocycles. The zero-order valence-electron chi connectivity index (χ0n) is 14.9. The second-order valence-corrected chi connectivity index (χ2v) is 8.21. The fourth-order valence-electron chi connectivity index (χ4n) is 2.17. The highest BCUT2D eigenvalue weighted by molar-refractivity contribution is 7.90. The van der Waals surface area contributed by atoms with E-state index in [2.05, 4.69) is 5.32 Å². The Morgan fingerprint density at radius 3 is 2.23 bits per heavy atom. The number of nitrogens with one attached hydrogen (secondary N) is 1. The normalized spacial score (nSPS) is 11.3. The third-order valence-corrected chi connectivity index (χ3v) is 5.77. The number of methoxy groups -OCH3 is 1. The van der Waals surface area contributed by atoms with Crippen molar-refractivity contribution in [2.45, 2.75) is 0 Å². The molecule has 2 rings (SSSR count). The maximum atomic E-state index is 12.4. The number of ether oxygens (including phenoxy) is 1. The molecule has 0 unspecified atom stereocenters. The number of rotatable bonds is 6. The molecule has 0 spiro atoms. The van der Waals surface area contributed by atoms with Crippen molar-refractivity contribution in [3.63, 3.8) is 0 Å². The van der Waals surface area contributed by atoms with Crippen molar-refractivity contribution in [3.05, 3.63) is 53.1 Å². The van der Waals surface area contributed by atoms with Crippen LogP contribution in [-0.4, -0.2) is 46.9 Å². The average molecular weight is 398 g/mol. The van der Waals surface area contributed by atoms with Gasteiger partial charge in [0.25, 0.3) is 5.91 Å². The van der Waals surface area contributed by atoms with Gasteiger partial charge in [0.05, 0.1) is 18.5 Å². The first-order valence-electron chi connectivity index (χ1n) is 7.58. The molecule has 0 bridgehead atoms. The summed E-state index contributed by atoms with van der Waals surface area (Å²) in [5.74, 6) is 0.117. The first kappa shape index (κ1) is 20.0. The van der Waals surface area contributed by atoms with Gasteiger partial charge in [-0.15, -0.1) is 0 Å². The molecule has 0 aliphatic rings. The lowest BCUT2D eigenvalue weighted by molar-refractivity contribution is 0.102. The number of anilines is 2. The molecule has 26 heavy (non-hydrogen) atoms. The van der Waals surface area contributed by atoms with E-state index >= 15 is 0 Å². The van der Waals surface area contributed by atoms with Crippen molar-refractivity contribution in [2.75, 3.05) is 37.9 Å². The number of carbonyl (C=O) groups excluding carboxylic acids is 1. The molecule has 1 amide bonds. The van der Waals surface area contributed by atoms with E-state index in [-0.39, 0.29) is 5.91 Å². The second kappa shape index (κ2) is 7.94. The molecule has 7 nitrogen and oxygen atoms in total.